The third-order valence-corrected chi connectivity index (χ3v) is 5.74. The average molecular weight is 416 g/mol. The Kier molecular flexibility index (Phi) is 15.6. The maximum Gasteiger partial charge on any atom is 0.0940 e. The van der Waals surface area contributed by atoms with Gasteiger partial charge in [0.25, 0.3) is 0 Å². The minimum absolute atomic E-state index is 0. The molecular weight excluding hydrogens is 374 g/mol. The Morgan fingerprint density at radius 1 is 0.586 bits per heavy atom. The Morgan fingerprint density at radius 2 is 1.00 bits per heavy atom. The first-order valence-corrected chi connectivity index (χ1v) is 11.8. The molecule has 162 valence electrons. The van der Waals surface area contributed by atoms with Gasteiger partial charge in [-0.3, -0.25) is 0 Å². The summed E-state index contributed by atoms with van der Waals surface area (Å²) in [5.74, 6) is 0. The summed E-state index contributed by atoms with van der Waals surface area (Å²) in [6, 6.07) is 22.6. The number of hydrogen-bond donors (Lipinski definition) is 1. The van der Waals surface area contributed by atoms with E-state index in [4.69, 9.17) is 0 Å². The number of quaternary nitrogens is 1. The van der Waals surface area contributed by atoms with E-state index in [1.54, 1.807) is 0 Å². The first-order valence-electron chi connectivity index (χ1n) is 11.8. The van der Waals surface area contributed by atoms with Gasteiger partial charge in [-0.15, -0.1) is 0 Å². The van der Waals surface area contributed by atoms with Gasteiger partial charge in [0, 0.05) is 12.8 Å². The molecule has 0 spiro atoms. The van der Waals surface area contributed by atoms with Crippen molar-refractivity contribution in [3.05, 3.63) is 71.8 Å². The van der Waals surface area contributed by atoms with Crippen LogP contribution in [0.15, 0.2) is 60.7 Å². The molecule has 0 unspecified atom stereocenters. The number of halogens is 1. The molecule has 2 rings (SSSR count). The monoisotopic (exact) mass is 415 g/mol. The molecule has 0 saturated heterocycles. The zero-order valence-electron chi connectivity index (χ0n) is 18.5. The molecule has 0 fully saturated rings. The molecule has 2 aromatic rings. The molecule has 0 aliphatic rings. The molecule has 2 N–H and O–H groups in total. The lowest BCUT2D eigenvalue weighted by molar-refractivity contribution is -0.689. The van der Waals surface area contributed by atoms with Crippen molar-refractivity contribution in [2.24, 2.45) is 0 Å². The van der Waals surface area contributed by atoms with Crippen LogP contribution in [-0.4, -0.2) is 12.6 Å². The molecule has 0 heterocycles. The second kappa shape index (κ2) is 17.5. The molecule has 0 atom stereocenters. The van der Waals surface area contributed by atoms with Crippen molar-refractivity contribution in [2.45, 2.75) is 90.0 Å². The smallest absolute Gasteiger partial charge is 0.0940 e. The fraction of sp³-hybridized carbons (Fsp3) is 0.556. The number of rotatable bonds is 16. The fourth-order valence-electron chi connectivity index (χ4n) is 4.06. The summed E-state index contributed by atoms with van der Waals surface area (Å²) in [6.45, 7) is 3.56. The highest BCUT2D eigenvalue weighted by molar-refractivity contribution is 5.18. The van der Waals surface area contributed by atoms with E-state index in [9.17, 15) is 0 Å². The van der Waals surface area contributed by atoms with Gasteiger partial charge in [0.15, 0.2) is 0 Å². The molecule has 0 radical (unpaired) electrons. The van der Waals surface area contributed by atoms with Crippen LogP contribution in [-0.2, 0) is 12.8 Å². The predicted molar refractivity (Wildman–Crippen MR) is 123 cm³/mol. The lowest BCUT2D eigenvalue weighted by atomic mass is 9.98. The van der Waals surface area contributed by atoms with Crippen molar-refractivity contribution in [1.29, 1.82) is 0 Å². The van der Waals surface area contributed by atoms with Crippen molar-refractivity contribution in [3.8, 4) is 0 Å². The maximum atomic E-state index is 2.60. The van der Waals surface area contributed by atoms with Crippen LogP contribution < -0.4 is 17.7 Å². The lowest BCUT2D eigenvalue weighted by Gasteiger charge is -2.16. The normalized spacial score (nSPS) is 10.8. The Hall–Kier alpha value is -1.31. The van der Waals surface area contributed by atoms with E-state index < -0.39 is 0 Å². The van der Waals surface area contributed by atoms with E-state index in [1.807, 2.05) is 0 Å². The van der Waals surface area contributed by atoms with E-state index in [1.165, 1.54) is 81.9 Å². The molecule has 0 amide bonds. The van der Waals surface area contributed by atoms with Crippen molar-refractivity contribution < 1.29 is 17.7 Å². The van der Waals surface area contributed by atoms with Crippen molar-refractivity contribution in [2.75, 3.05) is 6.54 Å². The number of benzene rings is 2. The Bertz CT molecular complexity index is 543. The zero-order chi connectivity index (χ0) is 19.7. The van der Waals surface area contributed by atoms with Gasteiger partial charge < -0.3 is 17.7 Å². The average Bonchev–Trinajstić information content (AvgIpc) is 2.73. The first kappa shape index (κ1) is 25.7. The summed E-state index contributed by atoms with van der Waals surface area (Å²) >= 11 is 0. The molecule has 0 aromatic heterocycles. The fourth-order valence-corrected chi connectivity index (χ4v) is 4.06. The first-order chi connectivity index (χ1) is 13.9. The zero-order valence-corrected chi connectivity index (χ0v) is 19.3. The van der Waals surface area contributed by atoms with Crippen LogP contribution in [0.4, 0.5) is 0 Å². The summed E-state index contributed by atoms with van der Waals surface area (Å²) in [5.41, 5.74) is 2.92. The van der Waals surface area contributed by atoms with Gasteiger partial charge >= 0.3 is 0 Å². The van der Waals surface area contributed by atoms with Crippen molar-refractivity contribution >= 4 is 0 Å². The standard InChI is InChI=1S/C27H41N.ClH/c1-2-3-4-5-6-7-8-9-10-17-22-28-27(23-25-18-13-11-14-19-25)24-26-20-15-12-16-21-26;/h11-16,18-21,27-28H,2-10,17,22-24H2,1H3;1H. The van der Waals surface area contributed by atoms with Gasteiger partial charge in [-0.1, -0.05) is 119 Å². The summed E-state index contributed by atoms with van der Waals surface area (Å²) < 4.78 is 0. The second-order valence-corrected chi connectivity index (χ2v) is 8.35. The molecule has 29 heavy (non-hydrogen) atoms. The van der Waals surface area contributed by atoms with Crippen LogP contribution >= 0.6 is 0 Å². The largest absolute Gasteiger partial charge is 1.00 e. The molecule has 1 nitrogen and oxygen atoms in total. The summed E-state index contributed by atoms with van der Waals surface area (Å²) in [5, 5.41) is 2.60. The molecule has 0 saturated carbocycles. The maximum absolute atomic E-state index is 2.60. The molecule has 0 aliphatic heterocycles. The minimum Gasteiger partial charge on any atom is -1.00 e. The predicted octanol–water partition coefficient (Wildman–Crippen LogP) is 3.33. The van der Waals surface area contributed by atoms with E-state index in [0.29, 0.717) is 6.04 Å². The molecule has 0 aliphatic carbocycles. The third kappa shape index (κ3) is 12.8. The van der Waals surface area contributed by atoms with Crippen LogP contribution in [0, 0.1) is 0 Å². The van der Waals surface area contributed by atoms with Crippen LogP contribution in [0.1, 0.15) is 82.3 Å². The van der Waals surface area contributed by atoms with Crippen LogP contribution in [0.25, 0.3) is 0 Å². The Morgan fingerprint density at radius 3 is 1.45 bits per heavy atom. The summed E-state index contributed by atoms with van der Waals surface area (Å²) in [6.07, 6.45) is 16.5. The minimum atomic E-state index is 0. The van der Waals surface area contributed by atoms with Crippen molar-refractivity contribution in [3.63, 3.8) is 0 Å². The number of unbranched alkanes of at least 4 members (excludes halogenated alkanes) is 9. The molecule has 2 heteroatoms. The summed E-state index contributed by atoms with van der Waals surface area (Å²) in [7, 11) is 0. The Balaban J connectivity index is 0.00000420. The van der Waals surface area contributed by atoms with Gasteiger partial charge in [-0.05, 0) is 24.0 Å². The molecular formula is C27H42ClN. The van der Waals surface area contributed by atoms with Crippen LogP contribution in [0.2, 0.25) is 0 Å². The van der Waals surface area contributed by atoms with E-state index in [2.05, 4.69) is 72.9 Å². The van der Waals surface area contributed by atoms with E-state index in [0.717, 1.165) is 12.8 Å². The third-order valence-electron chi connectivity index (χ3n) is 5.74. The van der Waals surface area contributed by atoms with Gasteiger partial charge in [0.2, 0.25) is 0 Å². The highest BCUT2D eigenvalue weighted by atomic mass is 35.5. The van der Waals surface area contributed by atoms with Gasteiger partial charge in [0.05, 0.1) is 12.6 Å². The van der Waals surface area contributed by atoms with Crippen LogP contribution in [0.5, 0.6) is 0 Å². The molecule has 2 aromatic carbocycles. The highest BCUT2D eigenvalue weighted by Crippen LogP contribution is 2.10. The van der Waals surface area contributed by atoms with Gasteiger partial charge in [-0.25, -0.2) is 0 Å². The van der Waals surface area contributed by atoms with Gasteiger partial charge in [0.1, 0.15) is 0 Å². The van der Waals surface area contributed by atoms with E-state index in [-0.39, 0.29) is 12.4 Å². The van der Waals surface area contributed by atoms with Crippen molar-refractivity contribution in [1.82, 2.24) is 0 Å². The van der Waals surface area contributed by atoms with Crippen LogP contribution in [0.3, 0.4) is 0 Å². The molecule has 0 bridgehead atoms. The second-order valence-electron chi connectivity index (χ2n) is 8.35. The highest BCUT2D eigenvalue weighted by Gasteiger charge is 2.13. The number of nitrogens with two attached hydrogens (primary N) is 1. The summed E-state index contributed by atoms with van der Waals surface area (Å²) in [4.78, 5) is 0. The van der Waals surface area contributed by atoms with E-state index >= 15 is 0 Å². The topological polar surface area (TPSA) is 16.6 Å². The Labute approximate surface area is 186 Å². The van der Waals surface area contributed by atoms with Gasteiger partial charge in [-0.2, -0.15) is 0 Å². The lowest BCUT2D eigenvalue weighted by Crippen LogP contribution is -3.00. The number of hydrogen-bond acceptors (Lipinski definition) is 0. The quantitative estimate of drug-likeness (QED) is 0.405. The SMILES string of the molecule is CCCCCCCCCCCC[NH2+]C(Cc1ccccc1)Cc1ccccc1.[Cl-].